The zero-order chi connectivity index (χ0) is 16.4. The maximum Gasteiger partial charge on any atom is 0.273 e. The molecule has 118 valence electrons. The van der Waals surface area contributed by atoms with Crippen LogP contribution in [0.2, 0.25) is 0 Å². The number of anilines is 2. The minimum absolute atomic E-state index is 0.0733. The van der Waals surface area contributed by atoms with Gasteiger partial charge >= 0.3 is 0 Å². The Bertz CT molecular complexity index is 760. The lowest BCUT2D eigenvalue weighted by Crippen LogP contribution is -2.39. The van der Waals surface area contributed by atoms with Crippen molar-refractivity contribution in [1.82, 2.24) is 4.98 Å². The van der Waals surface area contributed by atoms with Gasteiger partial charge in [-0.3, -0.25) is 19.9 Å². The van der Waals surface area contributed by atoms with Gasteiger partial charge in [-0.2, -0.15) is 5.10 Å². The van der Waals surface area contributed by atoms with E-state index >= 15 is 0 Å². The molecular weight excluding hydrogens is 321 g/mol. The lowest BCUT2D eigenvalue weighted by atomic mass is 10.1. The number of thiazole rings is 1. The van der Waals surface area contributed by atoms with E-state index in [-0.39, 0.29) is 12.1 Å². The number of hydrazone groups is 1. The summed E-state index contributed by atoms with van der Waals surface area (Å²) >= 11 is 1.27. The van der Waals surface area contributed by atoms with Crippen LogP contribution in [0.15, 0.2) is 40.9 Å². The number of aromatic nitrogens is 1. The molecule has 1 aliphatic rings. The molecule has 2 heterocycles. The first-order chi connectivity index (χ1) is 11.0. The summed E-state index contributed by atoms with van der Waals surface area (Å²) in [5.74, 6) is -1.47. The Hall–Kier alpha value is -2.81. The van der Waals surface area contributed by atoms with Crippen LogP contribution in [0.5, 0.6) is 0 Å². The highest BCUT2D eigenvalue weighted by Gasteiger charge is 2.35. The molecule has 0 unspecified atom stereocenters. The van der Waals surface area contributed by atoms with Gasteiger partial charge in [0.1, 0.15) is 17.6 Å². The number of benzene rings is 1. The van der Waals surface area contributed by atoms with Gasteiger partial charge in [0.05, 0.1) is 5.69 Å². The molecule has 1 aromatic heterocycles. The van der Waals surface area contributed by atoms with Gasteiger partial charge in [0.15, 0.2) is 5.13 Å². The fraction of sp³-hybridized carbons (Fsp3) is 0.143. The van der Waals surface area contributed by atoms with E-state index in [9.17, 15) is 14.0 Å². The number of amides is 2. The van der Waals surface area contributed by atoms with Crippen molar-refractivity contribution in [3.63, 3.8) is 0 Å². The van der Waals surface area contributed by atoms with Gasteiger partial charge in [-0.25, -0.2) is 9.37 Å². The molecule has 0 saturated carbocycles. The first-order valence-electron chi connectivity index (χ1n) is 6.67. The van der Waals surface area contributed by atoms with Crippen LogP contribution < -0.4 is 16.1 Å². The minimum atomic E-state index is -0.794. The third kappa shape index (κ3) is 3.19. The number of primary amides is 1. The van der Waals surface area contributed by atoms with Crippen LogP contribution in [-0.4, -0.2) is 28.6 Å². The standard InChI is InChI=1S/C14H12FN5O2S/c15-8-1-3-9(4-2-8)20-11(12(16)21)7-10(19-20)13(22)18-14-17-5-6-23-14/h1-6,11H,7H2,(H2,16,21)(H,17,18,22)/t11-/m1/s1. The number of halogens is 1. The van der Waals surface area contributed by atoms with Crippen molar-refractivity contribution in [3.8, 4) is 0 Å². The summed E-state index contributed by atoms with van der Waals surface area (Å²) in [7, 11) is 0. The van der Waals surface area contributed by atoms with Crippen molar-refractivity contribution < 1.29 is 14.0 Å². The average Bonchev–Trinajstić information content (AvgIpc) is 3.17. The highest BCUT2D eigenvalue weighted by atomic mass is 32.1. The van der Waals surface area contributed by atoms with Crippen LogP contribution in [0.1, 0.15) is 6.42 Å². The fourth-order valence-electron chi connectivity index (χ4n) is 2.16. The Balaban J connectivity index is 1.84. The van der Waals surface area contributed by atoms with Gasteiger partial charge in [-0.05, 0) is 24.3 Å². The van der Waals surface area contributed by atoms with E-state index < -0.39 is 23.7 Å². The number of nitrogens with two attached hydrogens (primary N) is 1. The molecule has 1 atom stereocenters. The highest BCUT2D eigenvalue weighted by molar-refractivity contribution is 7.13. The number of rotatable bonds is 4. The predicted octanol–water partition coefficient (Wildman–Crippen LogP) is 1.34. The Morgan fingerprint density at radius 2 is 2.09 bits per heavy atom. The molecule has 2 amide bonds. The first-order valence-corrected chi connectivity index (χ1v) is 7.55. The van der Waals surface area contributed by atoms with E-state index in [4.69, 9.17) is 5.73 Å². The summed E-state index contributed by atoms with van der Waals surface area (Å²) in [6.07, 6.45) is 1.64. The Morgan fingerprint density at radius 3 is 2.70 bits per heavy atom. The number of carbonyl (C=O) groups excluding carboxylic acids is 2. The number of hydrogen-bond donors (Lipinski definition) is 2. The molecular formula is C14H12FN5O2S. The van der Waals surface area contributed by atoms with Crippen molar-refractivity contribution in [3.05, 3.63) is 41.7 Å². The summed E-state index contributed by atoms with van der Waals surface area (Å²) < 4.78 is 13.0. The average molecular weight is 333 g/mol. The van der Waals surface area contributed by atoms with E-state index in [1.165, 1.54) is 40.6 Å². The van der Waals surface area contributed by atoms with E-state index in [0.29, 0.717) is 10.8 Å². The first kappa shape index (κ1) is 15.1. The third-order valence-corrected chi connectivity index (χ3v) is 3.93. The summed E-state index contributed by atoms with van der Waals surface area (Å²) in [4.78, 5) is 27.8. The molecule has 2 aromatic rings. The molecule has 3 rings (SSSR count). The summed E-state index contributed by atoms with van der Waals surface area (Å²) in [5.41, 5.74) is 6.02. The SMILES string of the molecule is NC(=O)[C@H]1CC(C(=O)Nc2nccs2)=NN1c1ccc(F)cc1. The molecule has 0 bridgehead atoms. The van der Waals surface area contributed by atoms with Crippen LogP contribution in [0.3, 0.4) is 0 Å². The second kappa shape index (κ2) is 6.13. The molecule has 0 saturated heterocycles. The van der Waals surface area contributed by atoms with Gasteiger partial charge in [0.25, 0.3) is 5.91 Å². The summed E-state index contributed by atoms with van der Waals surface area (Å²) in [5, 5.41) is 10.3. The summed E-state index contributed by atoms with van der Waals surface area (Å²) in [6, 6.07) is 4.64. The van der Waals surface area contributed by atoms with Crippen molar-refractivity contribution >= 4 is 39.7 Å². The molecule has 9 heteroatoms. The Labute approximate surface area is 134 Å². The smallest absolute Gasteiger partial charge is 0.273 e. The quantitative estimate of drug-likeness (QED) is 0.881. The molecule has 0 aliphatic carbocycles. The number of nitrogens with zero attached hydrogens (tertiary/aromatic N) is 3. The van der Waals surface area contributed by atoms with Crippen LogP contribution in [0, 0.1) is 5.82 Å². The Morgan fingerprint density at radius 1 is 1.35 bits per heavy atom. The number of hydrogen-bond acceptors (Lipinski definition) is 6. The normalized spacial score (nSPS) is 17.0. The lowest BCUT2D eigenvalue weighted by molar-refractivity contribution is -0.119. The molecule has 0 spiro atoms. The monoisotopic (exact) mass is 333 g/mol. The molecule has 1 aliphatic heterocycles. The molecule has 0 radical (unpaired) electrons. The molecule has 1 aromatic carbocycles. The second-order valence-electron chi connectivity index (χ2n) is 4.78. The van der Waals surface area contributed by atoms with Gasteiger partial charge in [-0.1, -0.05) is 0 Å². The lowest BCUT2D eigenvalue weighted by Gasteiger charge is -2.20. The molecule has 3 N–H and O–H groups in total. The van der Waals surface area contributed by atoms with E-state index in [1.807, 2.05) is 0 Å². The molecule has 7 nitrogen and oxygen atoms in total. The summed E-state index contributed by atoms with van der Waals surface area (Å²) in [6.45, 7) is 0. The van der Waals surface area contributed by atoms with Crippen LogP contribution in [0.25, 0.3) is 0 Å². The maximum atomic E-state index is 13.0. The Kier molecular flexibility index (Phi) is 4.02. The second-order valence-corrected chi connectivity index (χ2v) is 5.68. The van der Waals surface area contributed by atoms with E-state index in [0.717, 1.165) is 0 Å². The predicted molar refractivity (Wildman–Crippen MR) is 84.7 cm³/mol. The maximum absolute atomic E-state index is 13.0. The topological polar surface area (TPSA) is 101 Å². The molecule has 0 fully saturated rings. The van der Waals surface area contributed by atoms with Gasteiger partial charge < -0.3 is 5.73 Å². The van der Waals surface area contributed by atoms with Crippen LogP contribution in [-0.2, 0) is 9.59 Å². The van der Waals surface area contributed by atoms with Crippen LogP contribution >= 0.6 is 11.3 Å². The van der Waals surface area contributed by atoms with Gasteiger partial charge in [-0.15, -0.1) is 11.3 Å². The number of carbonyl (C=O) groups is 2. The fourth-order valence-corrected chi connectivity index (χ4v) is 2.68. The number of nitrogens with one attached hydrogen (secondary N) is 1. The minimum Gasteiger partial charge on any atom is -0.368 e. The van der Waals surface area contributed by atoms with Gasteiger partial charge in [0.2, 0.25) is 5.91 Å². The largest absolute Gasteiger partial charge is 0.368 e. The van der Waals surface area contributed by atoms with Crippen molar-refractivity contribution in [2.24, 2.45) is 10.8 Å². The zero-order valence-corrected chi connectivity index (χ0v) is 12.6. The van der Waals surface area contributed by atoms with Crippen molar-refractivity contribution in [1.29, 1.82) is 0 Å². The highest BCUT2D eigenvalue weighted by Crippen LogP contribution is 2.25. The van der Waals surface area contributed by atoms with E-state index in [2.05, 4.69) is 15.4 Å². The van der Waals surface area contributed by atoms with Crippen molar-refractivity contribution in [2.75, 3.05) is 10.3 Å². The zero-order valence-electron chi connectivity index (χ0n) is 11.8. The van der Waals surface area contributed by atoms with Crippen LogP contribution in [0.4, 0.5) is 15.2 Å². The molecule has 23 heavy (non-hydrogen) atoms. The van der Waals surface area contributed by atoms with Crippen molar-refractivity contribution in [2.45, 2.75) is 12.5 Å². The third-order valence-electron chi connectivity index (χ3n) is 3.24. The van der Waals surface area contributed by atoms with E-state index in [1.54, 1.807) is 11.6 Å². The van der Waals surface area contributed by atoms with Gasteiger partial charge in [0, 0.05) is 18.0 Å².